The number of benzene rings is 2. The molecule has 0 amide bonds. The van der Waals surface area contributed by atoms with Crippen LogP contribution in [0.2, 0.25) is 0 Å². The summed E-state index contributed by atoms with van der Waals surface area (Å²) in [5.41, 5.74) is 5.26. The molecule has 0 aliphatic heterocycles. The van der Waals surface area contributed by atoms with Gasteiger partial charge in [-0.2, -0.15) is 5.10 Å². The molecule has 0 aliphatic carbocycles. The van der Waals surface area contributed by atoms with Gasteiger partial charge >= 0.3 is 0 Å². The van der Waals surface area contributed by atoms with Crippen LogP contribution in [0, 0.1) is 6.92 Å². The van der Waals surface area contributed by atoms with Gasteiger partial charge in [0, 0.05) is 6.20 Å². The second kappa shape index (κ2) is 4.59. The molecule has 0 bridgehead atoms. The molecule has 0 saturated heterocycles. The van der Waals surface area contributed by atoms with Crippen molar-refractivity contribution in [2.75, 3.05) is 0 Å². The van der Waals surface area contributed by atoms with E-state index < -0.39 is 0 Å². The molecule has 2 heterocycles. The fraction of sp³-hybridized carbons (Fsp3) is 0.0588. The predicted molar refractivity (Wildman–Crippen MR) is 83.4 cm³/mol. The van der Waals surface area contributed by atoms with Crippen LogP contribution in [0.15, 0.2) is 60.9 Å². The van der Waals surface area contributed by atoms with Gasteiger partial charge in [0.1, 0.15) is 5.82 Å². The lowest BCUT2D eigenvalue weighted by Gasteiger charge is -1.98. The molecule has 0 fully saturated rings. The summed E-state index contributed by atoms with van der Waals surface area (Å²) in [5.74, 6) is 0.849. The van der Waals surface area contributed by atoms with Crippen LogP contribution in [-0.4, -0.2) is 19.7 Å². The first-order valence-electron chi connectivity index (χ1n) is 6.87. The number of aromatic amines is 1. The highest BCUT2D eigenvalue weighted by atomic mass is 15.3. The van der Waals surface area contributed by atoms with Gasteiger partial charge in [0.05, 0.1) is 28.5 Å². The summed E-state index contributed by atoms with van der Waals surface area (Å²) in [5, 5.41) is 4.41. The number of imidazole rings is 1. The molecule has 2 aromatic carbocycles. The first-order chi connectivity index (χ1) is 10.3. The molecule has 0 aliphatic rings. The van der Waals surface area contributed by atoms with Gasteiger partial charge in [-0.15, -0.1) is 0 Å². The van der Waals surface area contributed by atoms with E-state index in [0.29, 0.717) is 0 Å². The number of aryl methyl sites for hydroxylation is 1. The standard InChI is InChI=1S/C17H14N4/c1-12-6-5-9-15-16(12)20-17(19-15)13-10-18-21(11-13)14-7-3-2-4-8-14/h2-11H,1H3,(H,19,20). The van der Waals surface area contributed by atoms with Gasteiger partial charge < -0.3 is 4.98 Å². The molecule has 4 rings (SSSR count). The van der Waals surface area contributed by atoms with Crippen molar-refractivity contribution in [1.29, 1.82) is 0 Å². The number of H-pyrrole nitrogens is 1. The van der Waals surface area contributed by atoms with Crippen molar-refractivity contribution in [1.82, 2.24) is 19.7 Å². The fourth-order valence-electron chi connectivity index (χ4n) is 2.48. The monoisotopic (exact) mass is 274 g/mol. The van der Waals surface area contributed by atoms with Crippen molar-refractivity contribution in [3.63, 3.8) is 0 Å². The van der Waals surface area contributed by atoms with Crippen LogP contribution in [-0.2, 0) is 0 Å². The number of nitrogens with one attached hydrogen (secondary N) is 1. The molecule has 0 saturated carbocycles. The lowest BCUT2D eigenvalue weighted by atomic mass is 10.2. The average molecular weight is 274 g/mol. The quantitative estimate of drug-likeness (QED) is 0.605. The Balaban J connectivity index is 1.79. The number of nitrogens with zero attached hydrogens (tertiary/aromatic N) is 3. The van der Waals surface area contributed by atoms with Gasteiger partial charge in [0.2, 0.25) is 0 Å². The summed E-state index contributed by atoms with van der Waals surface area (Å²) in [7, 11) is 0. The zero-order chi connectivity index (χ0) is 14.2. The van der Waals surface area contributed by atoms with Crippen molar-refractivity contribution in [2.24, 2.45) is 0 Å². The van der Waals surface area contributed by atoms with Crippen molar-refractivity contribution < 1.29 is 0 Å². The van der Waals surface area contributed by atoms with E-state index in [9.17, 15) is 0 Å². The molecule has 1 N–H and O–H groups in total. The largest absolute Gasteiger partial charge is 0.338 e. The molecule has 102 valence electrons. The Hall–Kier alpha value is -2.88. The Morgan fingerprint density at radius 1 is 1.00 bits per heavy atom. The third-order valence-corrected chi connectivity index (χ3v) is 3.59. The Bertz CT molecular complexity index is 903. The molecule has 4 heteroatoms. The van der Waals surface area contributed by atoms with E-state index in [2.05, 4.69) is 28.1 Å². The second-order valence-corrected chi connectivity index (χ2v) is 5.07. The summed E-state index contributed by atoms with van der Waals surface area (Å²) in [6, 6.07) is 16.2. The third-order valence-electron chi connectivity index (χ3n) is 3.59. The summed E-state index contributed by atoms with van der Waals surface area (Å²) in [4.78, 5) is 8.03. The maximum atomic E-state index is 4.68. The lowest BCUT2D eigenvalue weighted by Crippen LogP contribution is -1.92. The zero-order valence-corrected chi connectivity index (χ0v) is 11.6. The van der Waals surface area contributed by atoms with E-state index >= 15 is 0 Å². The minimum Gasteiger partial charge on any atom is -0.338 e. The maximum absolute atomic E-state index is 4.68. The Morgan fingerprint density at radius 3 is 2.67 bits per heavy atom. The van der Waals surface area contributed by atoms with Crippen LogP contribution < -0.4 is 0 Å². The molecule has 4 aromatic rings. The summed E-state index contributed by atoms with van der Waals surface area (Å²) < 4.78 is 1.86. The number of hydrogen-bond donors (Lipinski definition) is 1. The first-order valence-corrected chi connectivity index (χ1v) is 6.87. The minimum atomic E-state index is 0.849. The second-order valence-electron chi connectivity index (χ2n) is 5.07. The highest BCUT2D eigenvalue weighted by Gasteiger charge is 2.09. The van der Waals surface area contributed by atoms with E-state index in [0.717, 1.165) is 28.1 Å². The van der Waals surface area contributed by atoms with Crippen molar-refractivity contribution in [3.05, 3.63) is 66.5 Å². The normalized spacial score (nSPS) is 11.1. The molecule has 0 unspecified atom stereocenters. The highest BCUT2D eigenvalue weighted by molar-refractivity contribution is 5.82. The van der Waals surface area contributed by atoms with Crippen LogP contribution in [0.1, 0.15) is 5.56 Å². The van der Waals surface area contributed by atoms with Gasteiger partial charge in [-0.3, -0.25) is 0 Å². The van der Waals surface area contributed by atoms with E-state index in [1.165, 1.54) is 5.56 Å². The predicted octanol–water partition coefficient (Wildman–Crippen LogP) is 3.72. The van der Waals surface area contributed by atoms with Crippen LogP contribution >= 0.6 is 0 Å². The van der Waals surface area contributed by atoms with Crippen LogP contribution in [0.25, 0.3) is 28.1 Å². The topological polar surface area (TPSA) is 46.5 Å². The molecule has 0 radical (unpaired) electrons. The summed E-state index contributed by atoms with van der Waals surface area (Å²) in [6.45, 7) is 2.07. The maximum Gasteiger partial charge on any atom is 0.141 e. The molecule has 0 spiro atoms. The average Bonchev–Trinajstić information content (AvgIpc) is 3.15. The third kappa shape index (κ3) is 2.01. The lowest BCUT2D eigenvalue weighted by molar-refractivity contribution is 0.880. The molecular weight excluding hydrogens is 260 g/mol. The van der Waals surface area contributed by atoms with Crippen LogP contribution in [0.3, 0.4) is 0 Å². The van der Waals surface area contributed by atoms with Gasteiger partial charge in [-0.05, 0) is 30.7 Å². The zero-order valence-electron chi connectivity index (χ0n) is 11.6. The SMILES string of the molecule is Cc1cccc2[nH]c(-c3cnn(-c4ccccc4)c3)nc12. The van der Waals surface area contributed by atoms with E-state index in [4.69, 9.17) is 0 Å². The number of aromatic nitrogens is 4. The number of fused-ring (bicyclic) bond motifs is 1. The number of para-hydroxylation sites is 2. The Kier molecular flexibility index (Phi) is 2.60. The van der Waals surface area contributed by atoms with Gasteiger partial charge in [0.25, 0.3) is 0 Å². The van der Waals surface area contributed by atoms with Gasteiger partial charge in [0.15, 0.2) is 0 Å². The molecule has 4 nitrogen and oxygen atoms in total. The molecule has 21 heavy (non-hydrogen) atoms. The van der Waals surface area contributed by atoms with Crippen molar-refractivity contribution in [3.8, 4) is 17.1 Å². The number of hydrogen-bond acceptors (Lipinski definition) is 2. The van der Waals surface area contributed by atoms with Crippen LogP contribution in [0.4, 0.5) is 0 Å². The minimum absolute atomic E-state index is 0.849. The molecular formula is C17H14N4. The van der Waals surface area contributed by atoms with E-state index in [1.807, 2.05) is 59.5 Å². The Morgan fingerprint density at radius 2 is 1.86 bits per heavy atom. The summed E-state index contributed by atoms with van der Waals surface area (Å²) >= 11 is 0. The van der Waals surface area contributed by atoms with Crippen LogP contribution in [0.5, 0.6) is 0 Å². The van der Waals surface area contributed by atoms with E-state index in [1.54, 1.807) is 0 Å². The smallest absolute Gasteiger partial charge is 0.141 e. The van der Waals surface area contributed by atoms with Gasteiger partial charge in [-0.25, -0.2) is 9.67 Å². The fourth-order valence-corrected chi connectivity index (χ4v) is 2.48. The molecule has 2 aromatic heterocycles. The highest BCUT2D eigenvalue weighted by Crippen LogP contribution is 2.22. The van der Waals surface area contributed by atoms with E-state index in [-0.39, 0.29) is 0 Å². The van der Waals surface area contributed by atoms with Crippen molar-refractivity contribution >= 4 is 11.0 Å². The Labute approximate surface area is 122 Å². The van der Waals surface area contributed by atoms with Gasteiger partial charge in [-0.1, -0.05) is 30.3 Å². The summed E-state index contributed by atoms with van der Waals surface area (Å²) in [6.07, 6.45) is 3.82. The van der Waals surface area contributed by atoms with Crippen molar-refractivity contribution in [2.45, 2.75) is 6.92 Å². The first kappa shape index (κ1) is 11.9. The molecule has 0 atom stereocenters. The number of rotatable bonds is 2.